The molecule has 3 aromatic rings. The predicted molar refractivity (Wildman–Crippen MR) is 88.2 cm³/mol. The van der Waals surface area contributed by atoms with Gasteiger partial charge in [-0.15, -0.1) is 0 Å². The van der Waals surface area contributed by atoms with Gasteiger partial charge in [0.2, 0.25) is 5.78 Å². The molecule has 1 fully saturated rings. The summed E-state index contributed by atoms with van der Waals surface area (Å²) >= 11 is 0. The van der Waals surface area contributed by atoms with Gasteiger partial charge in [0.25, 0.3) is 0 Å². The van der Waals surface area contributed by atoms with E-state index in [-0.39, 0.29) is 22.6 Å². The van der Waals surface area contributed by atoms with Crippen molar-refractivity contribution in [3.63, 3.8) is 0 Å². The number of ether oxygens (including phenoxy) is 1. The molecule has 0 aliphatic carbocycles. The first kappa shape index (κ1) is 16.7. The molecule has 0 radical (unpaired) electrons. The Hall–Kier alpha value is -2.72. The largest absolute Gasteiger partial charge is 0.394 e. The Bertz CT molecular complexity index is 945. The van der Waals surface area contributed by atoms with Crippen LogP contribution in [0.3, 0.4) is 0 Å². The van der Waals surface area contributed by atoms with Crippen LogP contribution < -0.4 is 0 Å². The molecular weight excluding hydrogens is 340 g/mol. The van der Waals surface area contributed by atoms with Gasteiger partial charge >= 0.3 is 0 Å². The van der Waals surface area contributed by atoms with Gasteiger partial charge in [0.1, 0.15) is 35.8 Å². The lowest BCUT2D eigenvalue weighted by Gasteiger charge is -2.16. The average Bonchev–Trinajstić information content (AvgIpc) is 3.23. The Morgan fingerprint density at radius 1 is 1.12 bits per heavy atom. The number of aromatic nitrogens is 4. The highest BCUT2D eigenvalue weighted by Crippen LogP contribution is 2.31. The van der Waals surface area contributed by atoms with Crippen LogP contribution in [-0.2, 0) is 4.74 Å². The Morgan fingerprint density at radius 2 is 1.88 bits per heavy atom. The molecule has 3 heterocycles. The molecule has 0 saturated carbocycles. The smallest absolute Gasteiger partial charge is 0.213 e. The van der Waals surface area contributed by atoms with Gasteiger partial charge < -0.3 is 20.1 Å². The summed E-state index contributed by atoms with van der Waals surface area (Å²) in [6, 6.07) is 8.67. The summed E-state index contributed by atoms with van der Waals surface area (Å²) < 4.78 is 6.92. The van der Waals surface area contributed by atoms with Gasteiger partial charge in [0.05, 0.1) is 12.9 Å². The zero-order valence-corrected chi connectivity index (χ0v) is 13.5. The van der Waals surface area contributed by atoms with Crippen molar-refractivity contribution in [2.75, 3.05) is 6.61 Å². The fraction of sp³-hybridized carbons (Fsp3) is 0.294. The summed E-state index contributed by atoms with van der Waals surface area (Å²) in [6.07, 6.45) is -1.82. The lowest BCUT2D eigenvalue weighted by molar-refractivity contribution is -0.0511. The molecule has 4 atom stereocenters. The Labute approximate surface area is 147 Å². The number of hydrogen-bond donors (Lipinski definition) is 3. The van der Waals surface area contributed by atoms with E-state index >= 15 is 0 Å². The maximum atomic E-state index is 12.7. The molecule has 1 aliphatic rings. The average molecular weight is 356 g/mol. The second kappa shape index (κ2) is 6.54. The Kier molecular flexibility index (Phi) is 4.21. The lowest BCUT2D eigenvalue weighted by atomic mass is 10.1. The SMILES string of the molecule is O=C(c1ccccc1)c1ncnc2c1ncn2[C@@H]1O[C@H](CO)[C@@H](O)[C@H]1O. The number of rotatable bonds is 4. The van der Waals surface area contributed by atoms with Gasteiger partial charge in [-0.3, -0.25) is 9.36 Å². The van der Waals surface area contributed by atoms with Gasteiger partial charge in [-0.2, -0.15) is 0 Å². The third kappa shape index (κ3) is 2.58. The number of aliphatic hydroxyl groups excluding tert-OH is 3. The van der Waals surface area contributed by atoms with Crippen LogP contribution in [0.4, 0.5) is 0 Å². The monoisotopic (exact) mass is 356 g/mol. The van der Waals surface area contributed by atoms with Crippen molar-refractivity contribution in [3.8, 4) is 0 Å². The summed E-state index contributed by atoms with van der Waals surface area (Å²) in [6.45, 7) is -0.436. The third-order valence-corrected chi connectivity index (χ3v) is 4.40. The van der Waals surface area contributed by atoms with Crippen LogP contribution in [0.5, 0.6) is 0 Å². The molecule has 2 aromatic heterocycles. The van der Waals surface area contributed by atoms with E-state index in [0.29, 0.717) is 5.56 Å². The fourth-order valence-electron chi connectivity index (χ4n) is 3.04. The van der Waals surface area contributed by atoms with Crippen LogP contribution in [-0.4, -0.2) is 65.5 Å². The topological polar surface area (TPSA) is 131 Å². The van der Waals surface area contributed by atoms with Crippen LogP contribution in [0.1, 0.15) is 22.3 Å². The number of nitrogens with zero attached hydrogens (tertiary/aromatic N) is 4. The Balaban J connectivity index is 1.76. The van der Waals surface area contributed by atoms with Gasteiger partial charge in [0, 0.05) is 5.56 Å². The zero-order chi connectivity index (χ0) is 18.3. The van der Waals surface area contributed by atoms with E-state index in [1.807, 2.05) is 6.07 Å². The normalized spacial score (nSPS) is 25.7. The molecule has 0 bridgehead atoms. The lowest BCUT2D eigenvalue weighted by Crippen LogP contribution is -2.33. The number of imidazole rings is 1. The van der Waals surface area contributed by atoms with E-state index in [4.69, 9.17) is 4.74 Å². The van der Waals surface area contributed by atoms with E-state index in [0.717, 1.165) is 0 Å². The summed E-state index contributed by atoms with van der Waals surface area (Å²) in [5, 5.41) is 29.4. The van der Waals surface area contributed by atoms with E-state index in [2.05, 4.69) is 15.0 Å². The number of fused-ring (bicyclic) bond motifs is 1. The maximum Gasteiger partial charge on any atom is 0.213 e. The first-order chi connectivity index (χ1) is 12.6. The molecule has 0 spiro atoms. The first-order valence-electron chi connectivity index (χ1n) is 8.01. The van der Waals surface area contributed by atoms with Crippen molar-refractivity contribution < 1.29 is 24.9 Å². The number of ketones is 1. The zero-order valence-electron chi connectivity index (χ0n) is 13.5. The second-order valence-electron chi connectivity index (χ2n) is 5.97. The molecule has 0 unspecified atom stereocenters. The molecule has 1 aliphatic heterocycles. The van der Waals surface area contributed by atoms with Crippen LogP contribution in [0.2, 0.25) is 0 Å². The van der Waals surface area contributed by atoms with Crippen molar-refractivity contribution in [2.24, 2.45) is 0 Å². The first-order valence-corrected chi connectivity index (χ1v) is 8.01. The molecule has 9 nitrogen and oxygen atoms in total. The van der Waals surface area contributed by atoms with Crippen molar-refractivity contribution in [1.82, 2.24) is 19.5 Å². The standard InChI is InChI=1S/C17H16N4O5/c22-6-10-14(24)15(25)17(26-10)21-8-20-12-11(18-7-19-16(12)21)13(23)9-4-2-1-3-5-9/h1-5,7-8,10,14-15,17,22,24-25H,6H2/t10-,14-,15-,17-/m1/s1. The molecular formula is C17H16N4O5. The quantitative estimate of drug-likeness (QED) is 0.542. The fourth-order valence-corrected chi connectivity index (χ4v) is 3.04. The number of hydrogen-bond acceptors (Lipinski definition) is 8. The summed E-state index contributed by atoms with van der Waals surface area (Å²) in [4.78, 5) is 25.1. The van der Waals surface area contributed by atoms with E-state index < -0.39 is 31.1 Å². The summed E-state index contributed by atoms with van der Waals surface area (Å²) in [7, 11) is 0. The maximum absolute atomic E-state index is 12.7. The molecule has 26 heavy (non-hydrogen) atoms. The van der Waals surface area contributed by atoms with Crippen LogP contribution in [0.15, 0.2) is 43.0 Å². The number of benzene rings is 1. The van der Waals surface area contributed by atoms with Gasteiger partial charge in [-0.1, -0.05) is 30.3 Å². The van der Waals surface area contributed by atoms with E-state index in [1.165, 1.54) is 17.2 Å². The molecule has 134 valence electrons. The van der Waals surface area contributed by atoms with Crippen molar-refractivity contribution in [2.45, 2.75) is 24.5 Å². The minimum absolute atomic E-state index is 0.131. The highest BCUT2D eigenvalue weighted by Gasteiger charge is 2.44. The number of carbonyl (C=O) groups excluding carboxylic acids is 1. The van der Waals surface area contributed by atoms with Gasteiger partial charge in [-0.25, -0.2) is 15.0 Å². The molecule has 0 amide bonds. The summed E-state index contributed by atoms with van der Waals surface area (Å²) in [5.74, 6) is -0.301. The third-order valence-electron chi connectivity index (χ3n) is 4.40. The van der Waals surface area contributed by atoms with Crippen LogP contribution in [0, 0.1) is 0 Å². The van der Waals surface area contributed by atoms with Crippen molar-refractivity contribution >= 4 is 16.9 Å². The number of aliphatic hydroxyl groups is 3. The minimum Gasteiger partial charge on any atom is -0.394 e. The summed E-state index contributed by atoms with van der Waals surface area (Å²) in [5.41, 5.74) is 1.15. The second-order valence-corrected chi connectivity index (χ2v) is 5.97. The molecule has 9 heteroatoms. The molecule has 1 aromatic carbocycles. The molecule has 4 rings (SSSR count). The van der Waals surface area contributed by atoms with Gasteiger partial charge in [-0.05, 0) is 0 Å². The van der Waals surface area contributed by atoms with E-state index in [1.54, 1.807) is 24.3 Å². The highest BCUT2D eigenvalue weighted by atomic mass is 16.6. The minimum atomic E-state index is -1.27. The Morgan fingerprint density at radius 3 is 2.58 bits per heavy atom. The number of carbonyl (C=O) groups is 1. The van der Waals surface area contributed by atoms with Crippen LogP contribution >= 0.6 is 0 Å². The van der Waals surface area contributed by atoms with Crippen LogP contribution in [0.25, 0.3) is 11.2 Å². The van der Waals surface area contributed by atoms with Crippen molar-refractivity contribution in [3.05, 3.63) is 54.2 Å². The molecule has 1 saturated heterocycles. The predicted octanol–water partition coefficient (Wildman–Crippen LogP) is -0.331. The highest BCUT2D eigenvalue weighted by molar-refractivity contribution is 6.13. The van der Waals surface area contributed by atoms with Gasteiger partial charge in [0.15, 0.2) is 11.9 Å². The molecule has 3 N–H and O–H groups in total. The van der Waals surface area contributed by atoms with E-state index in [9.17, 15) is 20.1 Å². The van der Waals surface area contributed by atoms with Crippen molar-refractivity contribution in [1.29, 1.82) is 0 Å².